The van der Waals surface area contributed by atoms with E-state index in [0.717, 1.165) is 25.9 Å². The highest BCUT2D eigenvalue weighted by molar-refractivity contribution is 5.80. The molecule has 0 aromatic carbocycles. The van der Waals surface area contributed by atoms with E-state index in [9.17, 15) is 4.79 Å². The lowest BCUT2D eigenvalue weighted by Gasteiger charge is -2.26. The van der Waals surface area contributed by atoms with Gasteiger partial charge in [0.25, 0.3) is 0 Å². The lowest BCUT2D eigenvalue weighted by atomic mass is 9.96. The van der Waals surface area contributed by atoms with Crippen LogP contribution in [0, 0.1) is 0 Å². The summed E-state index contributed by atoms with van der Waals surface area (Å²) in [5.41, 5.74) is -0.597. The van der Waals surface area contributed by atoms with Crippen LogP contribution in [-0.4, -0.2) is 38.4 Å². The summed E-state index contributed by atoms with van der Waals surface area (Å²) in [7, 11) is 1.80. The molecule has 4 nitrogen and oxygen atoms in total. The normalized spacial score (nSPS) is 14.0. The standard InChI is InChI=1S/C16H33NO3/c1-5-7-8-9-10-13-19-14-11-12-16(3,17-4)15(18)20-6-2/h17H,5-14H2,1-4H3. The largest absolute Gasteiger partial charge is 0.465 e. The van der Waals surface area contributed by atoms with Crippen molar-refractivity contribution in [1.29, 1.82) is 0 Å². The molecule has 120 valence electrons. The van der Waals surface area contributed by atoms with Gasteiger partial charge in [0.15, 0.2) is 0 Å². The molecule has 0 aliphatic heterocycles. The zero-order chi connectivity index (χ0) is 15.3. The summed E-state index contributed by atoms with van der Waals surface area (Å²) < 4.78 is 10.7. The molecule has 0 aliphatic carbocycles. The van der Waals surface area contributed by atoms with E-state index in [4.69, 9.17) is 9.47 Å². The number of hydrogen-bond donors (Lipinski definition) is 1. The molecule has 0 spiro atoms. The topological polar surface area (TPSA) is 47.6 Å². The van der Waals surface area contributed by atoms with Crippen molar-refractivity contribution in [1.82, 2.24) is 5.32 Å². The van der Waals surface area contributed by atoms with Gasteiger partial charge in [-0.15, -0.1) is 0 Å². The molecule has 0 saturated carbocycles. The molecule has 4 heteroatoms. The van der Waals surface area contributed by atoms with Gasteiger partial charge in [-0.25, -0.2) is 0 Å². The summed E-state index contributed by atoms with van der Waals surface area (Å²) in [6.45, 7) is 7.90. The molecule has 20 heavy (non-hydrogen) atoms. The third-order valence-corrected chi connectivity index (χ3v) is 3.64. The Labute approximate surface area is 124 Å². The minimum Gasteiger partial charge on any atom is -0.465 e. The first-order valence-electron chi connectivity index (χ1n) is 8.04. The van der Waals surface area contributed by atoms with Crippen LogP contribution < -0.4 is 5.32 Å². The number of nitrogens with one attached hydrogen (secondary N) is 1. The Morgan fingerprint density at radius 1 is 1.05 bits per heavy atom. The van der Waals surface area contributed by atoms with Gasteiger partial charge in [-0.1, -0.05) is 32.6 Å². The van der Waals surface area contributed by atoms with Crippen LogP contribution in [0.3, 0.4) is 0 Å². The number of unbranched alkanes of at least 4 members (excludes halogenated alkanes) is 4. The van der Waals surface area contributed by atoms with Crippen LogP contribution in [0.2, 0.25) is 0 Å². The van der Waals surface area contributed by atoms with Crippen molar-refractivity contribution in [3.05, 3.63) is 0 Å². The van der Waals surface area contributed by atoms with Crippen LogP contribution in [0.5, 0.6) is 0 Å². The van der Waals surface area contributed by atoms with Crippen LogP contribution in [0.4, 0.5) is 0 Å². The van der Waals surface area contributed by atoms with Gasteiger partial charge in [0.1, 0.15) is 5.54 Å². The Morgan fingerprint density at radius 3 is 2.30 bits per heavy atom. The maximum Gasteiger partial charge on any atom is 0.326 e. The minimum absolute atomic E-state index is 0.179. The van der Waals surface area contributed by atoms with E-state index in [-0.39, 0.29) is 5.97 Å². The Morgan fingerprint density at radius 2 is 1.70 bits per heavy atom. The van der Waals surface area contributed by atoms with Gasteiger partial charge < -0.3 is 14.8 Å². The van der Waals surface area contributed by atoms with Gasteiger partial charge in [-0.05, 0) is 40.2 Å². The third-order valence-electron chi connectivity index (χ3n) is 3.64. The Bertz CT molecular complexity index is 246. The summed E-state index contributed by atoms with van der Waals surface area (Å²) >= 11 is 0. The molecule has 0 saturated heterocycles. The zero-order valence-corrected chi connectivity index (χ0v) is 13.8. The fraction of sp³-hybridized carbons (Fsp3) is 0.938. The maximum atomic E-state index is 11.8. The fourth-order valence-electron chi connectivity index (χ4n) is 2.06. The van der Waals surface area contributed by atoms with Gasteiger partial charge in [-0.2, -0.15) is 0 Å². The van der Waals surface area contributed by atoms with Crippen molar-refractivity contribution in [2.75, 3.05) is 26.9 Å². The molecule has 0 radical (unpaired) electrons. The highest BCUT2D eigenvalue weighted by Gasteiger charge is 2.32. The molecular formula is C16H33NO3. The van der Waals surface area contributed by atoms with E-state index >= 15 is 0 Å². The molecular weight excluding hydrogens is 254 g/mol. The molecule has 0 aromatic rings. The first kappa shape index (κ1) is 19.4. The lowest BCUT2D eigenvalue weighted by Crippen LogP contribution is -2.48. The SMILES string of the molecule is CCCCCCCOCCCC(C)(NC)C(=O)OCC. The summed E-state index contributed by atoms with van der Waals surface area (Å²) in [6.07, 6.45) is 7.90. The Kier molecular flexibility index (Phi) is 11.8. The van der Waals surface area contributed by atoms with Gasteiger partial charge in [-0.3, -0.25) is 4.79 Å². The number of rotatable bonds is 13. The van der Waals surface area contributed by atoms with Gasteiger partial charge >= 0.3 is 5.97 Å². The van der Waals surface area contributed by atoms with Crippen LogP contribution in [0.1, 0.15) is 65.7 Å². The molecule has 0 heterocycles. The van der Waals surface area contributed by atoms with Crippen molar-refractivity contribution >= 4 is 5.97 Å². The smallest absolute Gasteiger partial charge is 0.326 e. The third kappa shape index (κ3) is 8.54. The number of ether oxygens (including phenoxy) is 2. The number of carbonyl (C=O) groups excluding carboxylic acids is 1. The quantitative estimate of drug-likeness (QED) is 0.417. The van der Waals surface area contributed by atoms with Gasteiger partial charge in [0.2, 0.25) is 0 Å². The van der Waals surface area contributed by atoms with E-state index in [2.05, 4.69) is 12.2 Å². The Hall–Kier alpha value is -0.610. The van der Waals surface area contributed by atoms with E-state index in [1.165, 1.54) is 25.7 Å². The van der Waals surface area contributed by atoms with Crippen molar-refractivity contribution in [2.45, 2.75) is 71.3 Å². The number of likely N-dealkylation sites (N-methyl/N-ethyl adjacent to an activating group) is 1. The van der Waals surface area contributed by atoms with Crippen LogP contribution >= 0.6 is 0 Å². The second-order valence-corrected chi connectivity index (χ2v) is 5.43. The van der Waals surface area contributed by atoms with Crippen LogP contribution in [0.15, 0.2) is 0 Å². The second kappa shape index (κ2) is 12.2. The summed E-state index contributed by atoms with van der Waals surface area (Å²) in [6, 6.07) is 0. The predicted octanol–water partition coefficient (Wildman–Crippen LogP) is 3.29. The molecule has 0 aromatic heterocycles. The monoisotopic (exact) mass is 287 g/mol. The van der Waals surface area contributed by atoms with E-state index in [0.29, 0.717) is 13.2 Å². The highest BCUT2D eigenvalue weighted by Crippen LogP contribution is 2.14. The minimum atomic E-state index is -0.597. The van der Waals surface area contributed by atoms with E-state index in [1.807, 2.05) is 13.8 Å². The first-order valence-corrected chi connectivity index (χ1v) is 8.04. The van der Waals surface area contributed by atoms with Crippen molar-refractivity contribution < 1.29 is 14.3 Å². The molecule has 0 fully saturated rings. The molecule has 0 rings (SSSR count). The summed E-state index contributed by atoms with van der Waals surface area (Å²) in [5, 5.41) is 3.06. The average molecular weight is 287 g/mol. The van der Waals surface area contributed by atoms with Crippen LogP contribution in [0.25, 0.3) is 0 Å². The number of hydrogen-bond acceptors (Lipinski definition) is 4. The molecule has 1 N–H and O–H groups in total. The molecule has 0 aliphatic rings. The van der Waals surface area contributed by atoms with E-state index in [1.54, 1.807) is 7.05 Å². The number of esters is 1. The average Bonchev–Trinajstić information content (AvgIpc) is 2.45. The molecule has 1 unspecified atom stereocenters. The molecule has 0 amide bonds. The van der Waals surface area contributed by atoms with Gasteiger partial charge in [0.05, 0.1) is 6.61 Å². The second-order valence-electron chi connectivity index (χ2n) is 5.43. The van der Waals surface area contributed by atoms with Gasteiger partial charge in [0, 0.05) is 13.2 Å². The first-order chi connectivity index (χ1) is 9.60. The number of carbonyl (C=O) groups is 1. The summed E-state index contributed by atoms with van der Waals surface area (Å²) in [5.74, 6) is -0.179. The highest BCUT2D eigenvalue weighted by atomic mass is 16.5. The zero-order valence-electron chi connectivity index (χ0n) is 13.8. The van der Waals surface area contributed by atoms with Crippen LogP contribution in [-0.2, 0) is 14.3 Å². The molecule has 1 atom stereocenters. The lowest BCUT2D eigenvalue weighted by molar-refractivity contribution is -0.150. The predicted molar refractivity (Wildman–Crippen MR) is 82.9 cm³/mol. The fourth-order valence-corrected chi connectivity index (χ4v) is 2.06. The van der Waals surface area contributed by atoms with Crippen molar-refractivity contribution in [3.63, 3.8) is 0 Å². The summed E-state index contributed by atoms with van der Waals surface area (Å²) in [4.78, 5) is 11.8. The Balaban J connectivity index is 3.63. The van der Waals surface area contributed by atoms with E-state index < -0.39 is 5.54 Å². The molecule has 0 bridgehead atoms. The van der Waals surface area contributed by atoms with Crippen molar-refractivity contribution in [2.24, 2.45) is 0 Å². The maximum absolute atomic E-state index is 11.8. The van der Waals surface area contributed by atoms with Crippen molar-refractivity contribution in [3.8, 4) is 0 Å².